The summed E-state index contributed by atoms with van der Waals surface area (Å²) in [6, 6.07) is 6.29. The molecule has 3 nitrogen and oxygen atoms in total. The quantitative estimate of drug-likeness (QED) is 0.796. The summed E-state index contributed by atoms with van der Waals surface area (Å²) in [7, 11) is 2.04. The number of nitrogens with two attached hydrogens (primary N) is 1. The van der Waals surface area contributed by atoms with Crippen LogP contribution in [0.15, 0.2) is 18.2 Å². The first-order valence-electron chi connectivity index (χ1n) is 5.73. The van der Waals surface area contributed by atoms with Gasteiger partial charge in [-0.25, -0.2) is 0 Å². The number of aryl methyl sites for hydroxylation is 1. The Bertz CT molecular complexity index is 337. The zero-order chi connectivity index (χ0) is 12.1. The van der Waals surface area contributed by atoms with E-state index < -0.39 is 0 Å². The van der Waals surface area contributed by atoms with Gasteiger partial charge < -0.3 is 15.7 Å². The highest BCUT2D eigenvalue weighted by Gasteiger charge is 2.07. The van der Waals surface area contributed by atoms with Gasteiger partial charge >= 0.3 is 0 Å². The van der Waals surface area contributed by atoms with Crippen LogP contribution in [0.4, 0.5) is 5.69 Å². The van der Waals surface area contributed by atoms with Crippen LogP contribution in [-0.4, -0.2) is 24.8 Å². The van der Waals surface area contributed by atoms with Crippen molar-refractivity contribution in [3.05, 3.63) is 29.3 Å². The van der Waals surface area contributed by atoms with Gasteiger partial charge in [-0.1, -0.05) is 12.1 Å². The molecule has 0 radical (unpaired) electrons. The van der Waals surface area contributed by atoms with E-state index in [0.717, 1.165) is 18.5 Å². The second-order valence-corrected chi connectivity index (χ2v) is 4.40. The highest BCUT2D eigenvalue weighted by molar-refractivity contribution is 5.54. The summed E-state index contributed by atoms with van der Waals surface area (Å²) >= 11 is 0. The molecule has 3 heteroatoms. The van der Waals surface area contributed by atoms with Crippen molar-refractivity contribution in [3.63, 3.8) is 0 Å². The van der Waals surface area contributed by atoms with Crippen molar-refractivity contribution in [2.24, 2.45) is 5.73 Å². The van der Waals surface area contributed by atoms with Crippen LogP contribution in [0.1, 0.15) is 24.5 Å². The van der Waals surface area contributed by atoms with Crippen molar-refractivity contribution in [3.8, 4) is 0 Å². The molecule has 0 saturated carbocycles. The minimum absolute atomic E-state index is 0.256. The summed E-state index contributed by atoms with van der Waals surface area (Å²) in [4.78, 5) is 2.15. The SMILES string of the molecule is Cc1ccc(CN)c(N(C)CCC(C)O)c1. The van der Waals surface area contributed by atoms with Crippen LogP contribution in [-0.2, 0) is 6.54 Å². The Kier molecular flexibility index (Phi) is 4.77. The lowest BCUT2D eigenvalue weighted by atomic mass is 10.1. The maximum Gasteiger partial charge on any atom is 0.0528 e. The summed E-state index contributed by atoms with van der Waals surface area (Å²) in [5.74, 6) is 0. The summed E-state index contributed by atoms with van der Waals surface area (Å²) in [5.41, 5.74) is 9.27. The van der Waals surface area contributed by atoms with E-state index in [2.05, 4.69) is 30.0 Å². The molecule has 0 aliphatic rings. The number of hydrogen-bond donors (Lipinski definition) is 2. The largest absolute Gasteiger partial charge is 0.393 e. The lowest BCUT2D eigenvalue weighted by Gasteiger charge is -2.23. The first-order chi connectivity index (χ1) is 7.54. The molecule has 16 heavy (non-hydrogen) atoms. The molecular formula is C13H22N2O. The second kappa shape index (κ2) is 5.87. The molecule has 90 valence electrons. The zero-order valence-corrected chi connectivity index (χ0v) is 10.4. The van der Waals surface area contributed by atoms with Gasteiger partial charge in [0.2, 0.25) is 0 Å². The fourth-order valence-electron chi connectivity index (χ4n) is 1.70. The van der Waals surface area contributed by atoms with Crippen LogP contribution < -0.4 is 10.6 Å². The van der Waals surface area contributed by atoms with Gasteiger partial charge in [-0.05, 0) is 37.5 Å². The molecule has 0 aliphatic heterocycles. The molecule has 1 atom stereocenters. The van der Waals surface area contributed by atoms with E-state index in [9.17, 15) is 5.11 Å². The van der Waals surface area contributed by atoms with Crippen molar-refractivity contribution in [2.45, 2.75) is 32.9 Å². The third-order valence-corrected chi connectivity index (χ3v) is 2.75. The Morgan fingerprint density at radius 2 is 2.12 bits per heavy atom. The third-order valence-electron chi connectivity index (χ3n) is 2.75. The van der Waals surface area contributed by atoms with E-state index in [1.165, 1.54) is 11.3 Å². The van der Waals surface area contributed by atoms with Gasteiger partial charge in [-0.15, -0.1) is 0 Å². The van der Waals surface area contributed by atoms with Gasteiger partial charge in [-0.3, -0.25) is 0 Å². The highest BCUT2D eigenvalue weighted by atomic mass is 16.3. The van der Waals surface area contributed by atoms with Crippen LogP contribution in [0.5, 0.6) is 0 Å². The Hall–Kier alpha value is -1.06. The van der Waals surface area contributed by atoms with Crippen LogP contribution >= 0.6 is 0 Å². The van der Waals surface area contributed by atoms with Crippen LogP contribution in [0, 0.1) is 6.92 Å². The lowest BCUT2D eigenvalue weighted by molar-refractivity contribution is 0.187. The Labute approximate surface area is 97.9 Å². The Balaban J connectivity index is 2.80. The predicted octanol–water partition coefficient (Wildman–Crippen LogP) is 1.66. The van der Waals surface area contributed by atoms with Crippen molar-refractivity contribution < 1.29 is 5.11 Å². The summed E-state index contributed by atoms with van der Waals surface area (Å²) in [5, 5.41) is 9.28. The van der Waals surface area contributed by atoms with E-state index in [4.69, 9.17) is 5.73 Å². The molecule has 1 aromatic rings. The first-order valence-corrected chi connectivity index (χ1v) is 5.73. The third kappa shape index (κ3) is 3.51. The lowest BCUT2D eigenvalue weighted by Crippen LogP contribution is -2.23. The van der Waals surface area contributed by atoms with Gasteiger partial charge in [0.15, 0.2) is 0 Å². The molecule has 1 unspecified atom stereocenters. The van der Waals surface area contributed by atoms with Gasteiger partial charge in [0.05, 0.1) is 6.10 Å². The molecule has 1 aromatic carbocycles. The van der Waals surface area contributed by atoms with E-state index in [-0.39, 0.29) is 6.10 Å². The average molecular weight is 222 g/mol. The second-order valence-electron chi connectivity index (χ2n) is 4.40. The zero-order valence-electron chi connectivity index (χ0n) is 10.4. The molecule has 0 fully saturated rings. The fraction of sp³-hybridized carbons (Fsp3) is 0.538. The number of benzene rings is 1. The van der Waals surface area contributed by atoms with Crippen LogP contribution in [0.3, 0.4) is 0 Å². The number of anilines is 1. The van der Waals surface area contributed by atoms with Gasteiger partial charge in [0.1, 0.15) is 0 Å². The van der Waals surface area contributed by atoms with Crippen molar-refractivity contribution in [1.82, 2.24) is 0 Å². The van der Waals surface area contributed by atoms with Crippen molar-refractivity contribution in [2.75, 3.05) is 18.5 Å². The van der Waals surface area contributed by atoms with Gasteiger partial charge in [-0.2, -0.15) is 0 Å². The van der Waals surface area contributed by atoms with E-state index in [1.54, 1.807) is 0 Å². The minimum Gasteiger partial charge on any atom is -0.393 e. The smallest absolute Gasteiger partial charge is 0.0528 e. The molecule has 3 N–H and O–H groups in total. The fourth-order valence-corrected chi connectivity index (χ4v) is 1.70. The van der Waals surface area contributed by atoms with Crippen molar-refractivity contribution >= 4 is 5.69 Å². The molecule has 0 aliphatic carbocycles. The number of aliphatic hydroxyl groups is 1. The van der Waals surface area contributed by atoms with E-state index >= 15 is 0 Å². The maximum absolute atomic E-state index is 9.28. The van der Waals surface area contributed by atoms with E-state index in [1.807, 2.05) is 14.0 Å². The molecule has 0 saturated heterocycles. The summed E-state index contributed by atoms with van der Waals surface area (Å²) in [6.45, 7) is 5.28. The predicted molar refractivity (Wildman–Crippen MR) is 68.6 cm³/mol. The minimum atomic E-state index is -0.256. The maximum atomic E-state index is 9.28. The summed E-state index contributed by atoms with van der Waals surface area (Å²) < 4.78 is 0. The number of aliphatic hydroxyl groups excluding tert-OH is 1. The molecule has 1 rings (SSSR count). The highest BCUT2D eigenvalue weighted by Crippen LogP contribution is 2.21. The van der Waals surface area contributed by atoms with Gasteiger partial charge in [0.25, 0.3) is 0 Å². The molecular weight excluding hydrogens is 200 g/mol. The molecule has 0 spiro atoms. The molecule has 0 aromatic heterocycles. The summed E-state index contributed by atoms with van der Waals surface area (Å²) in [6.07, 6.45) is 0.516. The Morgan fingerprint density at radius 3 is 2.69 bits per heavy atom. The number of rotatable bonds is 5. The standard InChI is InChI=1S/C13H22N2O/c1-10-4-5-12(9-14)13(8-10)15(3)7-6-11(2)16/h4-5,8,11,16H,6-7,9,14H2,1-3H3. The molecule has 0 bridgehead atoms. The normalized spacial score (nSPS) is 12.6. The molecule has 0 amide bonds. The Morgan fingerprint density at radius 1 is 1.44 bits per heavy atom. The van der Waals surface area contributed by atoms with Crippen LogP contribution in [0.25, 0.3) is 0 Å². The average Bonchev–Trinajstić information content (AvgIpc) is 2.25. The van der Waals surface area contributed by atoms with Crippen LogP contribution in [0.2, 0.25) is 0 Å². The van der Waals surface area contributed by atoms with E-state index in [0.29, 0.717) is 6.54 Å². The number of nitrogens with zero attached hydrogens (tertiary/aromatic N) is 1. The van der Waals surface area contributed by atoms with Gasteiger partial charge in [0, 0.05) is 25.8 Å². The number of hydrogen-bond acceptors (Lipinski definition) is 3. The van der Waals surface area contributed by atoms with Crippen molar-refractivity contribution in [1.29, 1.82) is 0 Å². The monoisotopic (exact) mass is 222 g/mol. The first kappa shape index (κ1) is 13.0. The molecule has 0 heterocycles. The topological polar surface area (TPSA) is 49.5 Å².